The van der Waals surface area contributed by atoms with Gasteiger partial charge >= 0.3 is 0 Å². The van der Waals surface area contributed by atoms with Gasteiger partial charge < -0.3 is 0 Å². The molecule has 0 saturated carbocycles. The monoisotopic (exact) mass is 461 g/mol. The Hall–Kier alpha value is -0.790. The molecule has 0 aromatic carbocycles. The molecule has 0 unspecified atom stereocenters. The Morgan fingerprint density at radius 2 is 0.939 bits per heavy atom. The number of aryl methyl sites for hydroxylation is 2. The number of rotatable bonds is 25. The first-order valence-corrected chi connectivity index (χ1v) is 15.4. The van der Waals surface area contributed by atoms with Crippen LogP contribution in [-0.2, 0) is 19.5 Å². The van der Waals surface area contributed by atoms with Crippen molar-refractivity contribution in [3.63, 3.8) is 0 Å². The number of nitrogens with zero attached hydrogens (tertiary/aromatic N) is 2. The number of aromatic nitrogens is 2. The number of hydrogen-bond donors (Lipinski definition) is 0. The summed E-state index contributed by atoms with van der Waals surface area (Å²) in [5.74, 6) is 1.59. The fraction of sp³-hybridized carbons (Fsp3) is 0.903. The van der Waals surface area contributed by atoms with E-state index in [2.05, 4.69) is 42.3 Å². The zero-order valence-electron chi connectivity index (χ0n) is 23.2. The van der Waals surface area contributed by atoms with Crippen LogP contribution in [0.15, 0.2) is 12.4 Å². The van der Waals surface area contributed by atoms with Crippen LogP contribution in [0.2, 0.25) is 0 Å². The summed E-state index contributed by atoms with van der Waals surface area (Å²) in [5.41, 5.74) is 0. The molecule has 0 radical (unpaired) electrons. The molecule has 194 valence electrons. The van der Waals surface area contributed by atoms with Crippen LogP contribution in [0.25, 0.3) is 0 Å². The molecule has 0 aliphatic rings. The van der Waals surface area contributed by atoms with Crippen molar-refractivity contribution in [3.05, 3.63) is 18.2 Å². The Morgan fingerprint density at radius 1 is 0.515 bits per heavy atom. The van der Waals surface area contributed by atoms with Gasteiger partial charge in [0.2, 0.25) is 0 Å². The van der Waals surface area contributed by atoms with Gasteiger partial charge in [-0.15, -0.1) is 0 Å². The largest absolute Gasteiger partial charge is 0.256 e. The first kappa shape index (κ1) is 30.2. The summed E-state index contributed by atoms with van der Waals surface area (Å²) >= 11 is 0. The van der Waals surface area contributed by atoms with E-state index in [4.69, 9.17) is 0 Å². The number of hydrogen-bond acceptors (Lipinski definition) is 0. The molecule has 2 heteroatoms. The van der Waals surface area contributed by atoms with Gasteiger partial charge in [-0.05, 0) is 32.1 Å². The van der Waals surface area contributed by atoms with Gasteiger partial charge in [-0.3, -0.25) is 0 Å². The fourth-order valence-electron chi connectivity index (χ4n) is 5.09. The number of unbranched alkanes of at least 4 members (excludes halogenated alkanes) is 19. The van der Waals surface area contributed by atoms with Crippen molar-refractivity contribution < 1.29 is 4.57 Å². The maximum atomic E-state index is 2.58. The quantitative estimate of drug-likeness (QED) is 0.101. The van der Waals surface area contributed by atoms with E-state index in [1.807, 2.05) is 0 Å². The Bertz CT molecular complexity index is 519. The van der Waals surface area contributed by atoms with E-state index >= 15 is 0 Å². The normalized spacial score (nSPS) is 11.5. The summed E-state index contributed by atoms with van der Waals surface area (Å²) in [6, 6.07) is 0. The smallest absolute Gasteiger partial charge is 0.234 e. The molecule has 0 atom stereocenters. The van der Waals surface area contributed by atoms with Crippen molar-refractivity contribution in [2.75, 3.05) is 0 Å². The van der Waals surface area contributed by atoms with Crippen molar-refractivity contribution in [1.29, 1.82) is 0 Å². The Morgan fingerprint density at radius 3 is 1.45 bits per heavy atom. The molecule has 2 nitrogen and oxygen atoms in total. The third-order valence-corrected chi connectivity index (χ3v) is 7.35. The van der Waals surface area contributed by atoms with Gasteiger partial charge in [0.1, 0.15) is 12.4 Å². The second-order valence-corrected chi connectivity index (χ2v) is 10.6. The highest BCUT2D eigenvalue weighted by atomic mass is 15.1. The standard InChI is InChI=1S/C31H61N2/c1-4-7-10-12-13-14-15-16-17-18-19-20-21-22-25-28-33-30-29-32(27-24-11-8-5-2)31(33)26-23-9-6-3/h29-30H,4-28H2,1-3H3/q+1. The average Bonchev–Trinajstić information content (AvgIpc) is 3.21. The van der Waals surface area contributed by atoms with Crippen LogP contribution in [0, 0.1) is 0 Å². The zero-order valence-corrected chi connectivity index (χ0v) is 23.2. The van der Waals surface area contributed by atoms with Gasteiger partial charge in [0.25, 0.3) is 5.82 Å². The predicted molar refractivity (Wildman–Crippen MR) is 147 cm³/mol. The average molecular weight is 462 g/mol. The van der Waals surface area contributed by atoms with Crippen LogP contribution in [0.4, 0.5) is 0 Å². The highest BCUT2D eigenvalue weighted by Gasteiger charge is 2.16. The molecule has 0 amide bonds. The van der Waals surface area contributed by atoms with Crippen LogP contribution >= 0.6 is 0 Å². The second kappa shape index (κ2) is 23.0. The van der Waals surface area contributed by atoms with Crippen LogP contribution in [0.1, 0.15) is 168 Å². The first-order valence-electron chi connectivity index (χ1n) is 15.4. The van der Waals surface area contributed by atoms with Crippen molar-refractivity contribution in [2.24, 2.45) is 0 Å². The maximum absolute atomic E-state index is 2.58. The van der Waals surface area contributed by atoms with Crippen molar-refractivity contribution in [1.82, 2.24) is 4.57 Å². The molecule has 1 aromatic heterocycles. The van der Waals surface area contributed by atoms with E-state index in [0.717, 1.165) is 0 Å². The van der Waals surface area contributed by atoms with E-state index in [9.17, 15) is 0 Å². The topological polar surface area (TPSA) is 8.81 Å². The van der Waals surface area contributed by atoms with Gasteiger partial charge in [-0.1, -0.05) is 130 Å². The molecule has 0 aliphatic heterocycles. The van der Waals surface area contributed by atoms with Crippen LogP contribution in [-0.4, -0.2) is 4.57 Å². The molecular formula is C31H61N2+. The summed E-state index contributed by atoms with van der Waals surface area (Å²) in [4.78, 5) is 0. The lowest BCUT2D eigenvalue weighted by atomic mass is 10.0. The Kier molecular flexibility index (Phi) is 21.1. The van der Waals surface area contributed by atoms with Crippen molar-refractivity contribution in [2.45, 2.75) is 182 Å². The lowest BCUT2D eigenvalue weighted by Gasteiger charge is -2.06. The van der Waals surface area contributed by atoms with E-state index in [1.54, 1.807) is 5.82 Å². The van der Waals surface area contributed by atoms with Crippen LogP contribution in [0.5, 0.6) is 0 Å². The predicted octanol–water partition coefficient (Wildman–Crippen LogP) is 9.96. The highest BCUT2D eigenvalue weighted by molar-refractivity contribution is 4.84. The molecule has 33 heavy (non-hydrogen) atoms. The number of imidazole rings is 1. The summed E-state index contributed by atoms with van der Waals surface area (Å²) < 4.78 is 5.15. The summed E-state index contributed by atoms with van der Waals surface area (Å²) in [7, 11) is 0. The fourth-order valence-corrected chi connectivity index (χ4v) is 5.09. The second-order valence-electron chi connectivity index (χ2n) is 10.6. The first-order chi connectivity index (χ1) is 16.3. The molecular weight excluding hydrogens is 400 g/mol. The van der Waals surface area contributed by atoms with Gasteiger partial charge in [0.15, 0.2) is 0 Å². The molecule has 0 spiro atoms. The minimum Gasteiger partial charge on any atom is -0.234 e. The van der Waals surface area contributed by atoms with Gasteiger partial charge in [-0.2, -0.15) is 0 Å². The van der Waals surface area contributed by atoms with E-state index in [-0.39, 0.29) is 0 Å². The third kappa shape index (κ3) is 16.5. The molecule has 0 fully saturated rings. The van der Waals surface area contributed by atoms with E-state index in [0.29, 0.717) is 0 Å². The maximum Gasteiger partial charge on any atom is 0.256 e. The lowest BCUT2D eigenvalue weighted by Crippen LogP contribution is -2.37. The summed E-state index contributed by atoms with van der Waals surface area (Å²) in [6.07, 6.45) is 37.1. The Balaban J connectivity index is 2.10. The molecule has 1 rings (SSSR count). The molecule has 0 saturated heterocycles. The Labute approximate surface area is 208 Å². The summed E-state index contributed by atoms with van der Waals surface area (Å²) in [6.45, 7) is 9.36. The third-order valence-electron chi connectivity index (χ3n) is 7.35. The zero-order chi connectivity index (χ0) is 23.8. The molecule has 0 N–H and O–H groups in total. The molecule has 1 aromatic rings. The minimum atomic E-state index is 1.22. The SMILES string of the molecule is CCCCCCCCCCCCCCCCC[n+]1ccn(CCCCCC)c1CCCCC. The molecule has 1 heterocycles. The van der Waals surface area contributed by atoms with E-state index < -0.39 is 0 Å². The molecule has 0 aliphatic carbocycles. The van der Waals surface area contributed by atoms with E-state index in [1.165, 1.54) is 161 Å². The highest BCUT2D eigenvalue weighted by Crippen LogP contribution is 2.14. The summed E-state index contributed by atoms with van der Waals surface area (Å²) in [5, 5.41) is 0. The minimum absolute atomic E-state index is 1.22. The van der Waals surface area contributed by atoms with Gasteiger partial charge in [0, 0.05) is 6.42 Å². The van der Waals surface area contributed by atoms with Crippen LogP contribution < -0.4 is 4.57 Å². The van der Waals surface area contributed by atoms with Crippen LogP contribution in [0.3, 0.4) is 0 Å². The van der Waals surface area contributed by atoms with Gasteiger partial charge in [-0.25, -0.2) is 9.13 Å². The molecule has 0 bridgehead atoms. The van der Waals surface area contributed by atoms with Crippen molar-refractivity contribution >= 4 is 0 Å². The lowest BCUT2D eigenvalue weighted by molar-refractivity contribution is -0.704. The van der Waals surface area contributed by atoms with Crippen molar-refractivity contribution in [3.8, 4) is 0 Å². The van der Waals surface area contributed by atoms with Gasteiger partial charge in [0.05, 0.1) is 13.1 Å².